The Bertz CT molecular complexity index is 436. The maximum absolute atomic E-state index is 11.1. The standard InChI is InChI=1S/C14H23N3O2/c1-3-17-13(8-11(2)15-17)9-16(10-14(18)19)12-6-4-5-7-12/h8,12H,3-7,9-10H2,1-2H3,(H,18,19). The maximum Gasteiger partial charge on any atom is 0.317 e. The highest BCUT2D eigenvalue weighted by molar-refractivity contribution is 5.69. The lowest BCUT2D eigenvalue weighted by molar-refractivity contribution is -0.139. The summed E-state index contributed by atoms with van der Waals surface area (Å²) in [5.74, 6) is -0.744. The van der Waals surface area contributed by atoms with Gasteiger partial charge in [-0.25, -0.2) is 0 Å². The number of carboxylic acid groups (broad SMARTS) is 1. The van der Waals surface area contributed by atoms with Crippen LogP contribution in [0.25, 0.3) is 0 Å². The molecule has 1 heterocycles. The summed E-state index contributed by atoms with van der Waals surface area (Å²) in [6.45, 7) is 5.68. The number of carboxylic acids is 1. The fourth-order valence-corrected chi connectivity index (χ4v) is 2.97. The summed E-state index contributed by atoms with van der Waals surface area (Å²) < 4.78 is 1.97. The second kappa shape index (κ2) is 6.19. The van der Waals surface area contributed by atoms with Gasteiger partial charge in [0.25, 0.3) is 0 Å². The molecule has 1 aliphatic carbocycles. The summed E-state index contributed by atoms with van der Waals surface area (Å²) in [5.41, 5.74) is 2.12. The second-order valence-corrected chi connectivity index (χ2v) is 5.33. The zero-order valence-electron chi connectivity index (χ0n) is 11.8. The lowest BCUT2D eigenvalue weighted by Crippen LogP contribution is -2.37. The van der Waals surface area contributed by atoms with E-state index < -0.39 is 5.97 Å². The SMILES string of the molecule is CCn1nc(C)cc1CN(CC(=O)O)C1CCCC1. The van der Waals surface area contributed by atoms with Gasteiger partial charge in [-0.1, -0.05) is 12.8 Å². The van der Waals surface area contributed by atoms with Crippen molar-refractivity contribution in [1.82, 2.24) is 14.7 Å². The van der Waals surface area contributed by atoms with Gasteiger partial charge in [0, 0.05) is 19.1 Å². The quantitative estimate of drug-likeness (QED) is 0.855. The highest BCUT2D eigenvalue weighted by Gasteiger charge is 2.25. The van der Waals surface area contributed by atoms with Crippen molar-refractivity contribution in [3.05, 3.63) is 17.5 Å². The summed E-state index contributed by atoms with van der Waals surface area (Å²) >= 11 is 0. The molecule has 1 fully saturated rings. The van der Waals surface area contributed by atoms with Crippen molar-refractivity contribution in [3.8, 4) is 0 Å². The van der Waals surface area contributed by atoms with E-state index >= 15 is 0 Å². The minimum absolute atomic E-state index is 0.124. The van der Waals surface area contributed by atoms with Gasteiger partial charge in [0.1, 0.15) is 0 Å². The molecule has 0 saturated heterocycles. The van der Waals surface area contributed by atoms with Crippen molar-refractivity contribution in [2.75, 3.05) is 6.54 Å². The molecule has 0 aliphatic heterocycles. The predicted molar refractivity (Wildman–Crippen MR) is 72.9 cm³/mol. The van der Waals surface area contributed by atoms with Crippen LogP contribution in [0.4, 0.5) is 0 Å². The number of aliphatic carboxylic acids is 1. The third kappa shape index (κ3) is 3.56. The summed E-state index contributed by atoms with van der Waals surface area (Å²) in [6, 6.07) is 2.48. The fourth-order valence-electron chi connectivity index (χ4n) is 2.97. The van der Waals surface area contributed by atoms with Gasteiger partial charge in [0.2, 0.25) is 0 Å². The summed E-state index contributed by atoms with van der Waals surface area (Å²) in [7, 11) is 0. The molecule has 5 nitrogen and oxygen atoms in total. The molecule has 5 heteroatoms. The maximum atomic E-state index is 11.1. The van der Waals surface area contributed by atoms with Crippen LogP contribution in [0.15, 0.2) is 6.07 Å². The second-order valence-electron chi connectivity index (χ2n) is 5.33. The molecule has 106 valence electrons. The number of aromatic nitrogens is 2. The summed E-state index contributed by atoms with van der Waals surface area (Å²) in [4.78, 5) is 13.1. The van der Waals surface area contributed by atoms with Crippen molar-refractivity contribution in [2.45, 2.75) is 58.7 Å². The van der Waals surface area contributed by atoms with E-state index in [0.29, 0.717) is 12.6 Å². The summed E-state index contributed by atoms with van der Waals surface area (Å²) in [5, 5.41) is 13.5. The lowest BCUT2D eigenvalue weighted by Gasteiger charge is -2.27. The van der Waals surface area contributed by atoms with Crippen LogP contribution in [-0.4, -0.2) is 38.3 Å². The van der Waals surface area contributed by atoms with Crippen LogP contribution in [0, 0.1) is 6.92 Å². The molecule has 0 atom stereocenters. The Labute approximate surface area is 114 Å². The van der Waals surface area contributed by atoms with E-state index in [4.69, 9.17) is 5.11 Å². The Morgan fingerprint density at radius 1 is 1.53 bits per heavy atom. The van der Waals surface area contributed by atoms with Gasteiger partial charge in [-0.15, -0.1) is 0 Å². The molecular weight excluding hydrogens is 242 g/mol. The van der Waals surface area contributed by atoms with Crippen molar-refractivity contribution < 1.29 is 9.90 Å². The highest BCUT2D eigenvalue weighted by atomic mass is 16.4. The molecule has 1 aliphatic rings. The average Bonchev–Trinajstić information content (AvgIpc) is 2.96. The van der Waals surface area contributed by atoms with Gasteiger partial charge in [0.15, 0.2) is 0 Å². The minimum Gasteiger partial charge on any atom is -0.480 e. The monoisotopic (exact) mass is 265 g/mol. The van der Waals surface area contributed by atoms with Crippen LogP contribution in [0.3, 0.4) is 0 Å². The first-order valence-electron chi connectivity index (χ1n) is 7.09. The smallest absolute Gasteiger partial charge is 0.317 e. The molecule has 1 N–H and O–H groups in total. The first-order valence-corrected chi connectivity index (χ1v) is 7.09. The van der Waals surface area contributed by atoms with Crippen LogP contribution in [-0.2, 0) is 17.9 Å². The first kappa shape index (κ1) is 14.1. The van der Waals surface area contributed by atoms with Crippen LogP contribution in [0.1, 0.15) is 44.0 Å². The third-order valence-electron chi connectivity index (χ3n) is 3.83. The number of aryl methyl sites for hydroxylation is 2. The van der Waals surface area contributed by atoms with E-state index in [1.165, 1.54) is 12.8 Å². The zero-order valence-corrected chi connectivity index (χ0v) is 11.8. The molecule has 0 aromatic carbocycles. The number of carbonyl (C=O) groups is 1. The Kier molecular flexibility index (Phi) is 4.58. The van der Waals surface area contributed by atoms with Crippen molar-refractivity contribution in [2.24, 2.45) is 0 Å². The van der Waals surface area contributed by atoms with Crippen LogP contribution in [0.5, 0.6) is 0 Å². The van der Waals surface area contributed by atoms with Gasteiger partial charge in [0.05, 0.1) is 17.9 Å². The molecular formula is C14H23N3O2. The molecule has 19 heavy (non-hydrogen) atoms. The number of hydrogen-bond acceptors (Lipinski definition) is 3. The van der Waals surface area contributed by atoms with E-state index in [9.17, 15) is 4.79 Å². The molecule has 0 bridgehead atoms. The first-order chi connectivity index (χ1) is 9.10. The highest BCUT2D eigenvalue weighted by Crippen LogP contribution is 2.25. The van der Waals surface area contributed by atoms with E-state index in [1.54, 1.807) is 0 Å². The normalized spacial score (nSPS) is 16.4. The van der Waals surface area contributed by atoms with Gasteiger partial charge in [-0.05, 0) is 32.8 Å². The topological polar surface area (TPSA) is 58.4 Å². The molecule has 1 aromatic heterocycles. The van der Waals surface area contributed by atoms with Crippen molar-refractivity contribution in [3.63, 3.8) is 0 Å². The fraction of sp³-hybridized carbons (Fsp3) is 0.714. The molecule has 0 radical (unpaired) electrons. The van der Waals surface area contributed by atoms with E-state index in [2.05, 4.69) is 23.0 Å². The molecule has 1 aromatic rings. The Morgan fingerprint density at radius 2 is 2.21 bits per heavy atom. The largest absolute Gasteiger partial charge is 0.480 e. The molecule has 2 rings (SSSR count). The Hall–Kier alpha value is -1.36. The van der Waals surface area contributed by atoms with Gasteiger partial charge in [-0.2, -0.15) is 5.10 Å². The number of hydrogen-bond donors (Lipinski definition) is 1. The van der Waals surface area contributed by atoms with E-state index in [0.717, 1.165) is 30.8 Å². The predicted octanol–water partition coefficient (Wildman–Crippen LogP) is 2.04. The van der Waals surface area contributed by atoms with Gasteiger partial charge >= 0.3 is 5.97 Å². The summed E-state index contributed by atoms with van der Waals surface area (Å²) in [6.07, 6.45) is 4.67. The van der Waals surface area contributed by atoms with Crippen LogP contribution in [0.2, 0.25) is 0 Å². The molecule has 1 saturated carbocycles. The lowest BCUT2D eigenvalue weighted by atomic mass is 10.2. The molecule has 0 spiro atoms. The zero-order chi connectivity index (χ0) is 13.8. The Morgan fingerprint density at radius 3 is 2.79 bits per heavy atom. The third-order valence-corrected chi connectivity index (χ3v) is 3.83. The Balaban J connectivity index is 2.11. The van der Waals surface area contributed by atoms with Crippen LogP contribution >= 0.6 is 0 Å². The van der Waals surface area contributed by atoms with Crippen molar-refractivity contribution >= 4 is 5.97 Å². The minimum atomic E-state index is -0.744. The number of nitrogens with zero attached hydrogens (tertiary/aromatic N) is 3. The van der Waals surface area contributed by atoms with E-state index in [1.807, 2.05) is 11.6 Å². The molecule has 0 unspecified atom stereocenters. The van der Waals surface area contributed by atoms with E-state index in [-0.39, 0.29) is 6.54 Å². The van der Waals surface area contributed by atoms with Crippen LogP contribution < -0.4 is 0 Å². The molecule has 0 amide bonds. The average molecular weight is 265 g/mol. The number of rotatable bonds is 6. The van der Waals surface area contributed by atoms with Gasteiger partial charge < -0.3 is 5.11 Å². The van der Waals surface area contributed by atoms with Gasteiger partial charge in [-0.3, -0.25) is 14.4 Å². The van der Waals surface area contributed by atoms with Crippen molar-refractivity contribution in [1.29, 1.82) is 0 Å².